The maximum absolute atomic E-state index is 12.3. The number of anilines is 1. The van der Waals surface area contributed by atoms with Gasteiger partial charge >= 0.3 is 0 Å². The highest BCUT2D eigenvalue weighted by atomic mass is 16.1. The molecule has 124 valence electrons. The van der Waals surface area contributed by atoms with Gasteiger partial charge in [-0.1, -0.05) is 12.1 Å². The Bertz CT molecular complexity index is 909. The van der Waals surface area contributed by atoms with Gasteiger partial charge in [-0.2, -0.15) is 0 Å². The van der Waals surface area contributed by atoms with Crippen LogP contribution in [-0.4, -0.2) is 15.5 Å². The van der Waals surface area contributed by atoms with Crippen LogP contribution in [0.5, 0.6) is 0 Å². The van der Waals surface area contributed by atoms with Gasteiger partial charge in [0.25, 0.3) is 0 Å². The number of benzene rings is 2. The van der Waals surface area contributed by atoms with Crippen LogP contribution in [0.15, 0.2) is 36.7 Å². The highest BCUT2D eigenvalue weighted by Crippen LogP contribution is 2.19. The molecular weight excluding hydrogens is 298 g/mol. The van der Waals surface area contributed by atoms with Gasteiger partial charge in [0.1, 0.15) is 0 Å². The Morgan fingerprint density at radius 3 is 2.58 bits per heavy atom. The monoisotopic (exact) mass is 321 g/mol. The normalized spacial score (nSPS) is 11.0. The number of nitrogens with one attached hydrogen (secondary N) is 1. The van der Waals surface area contributed by atoms with E-state index in [1.165, 1.54) is 11.1 Å². The van der Waals surface area contributed by atoms with Crippen molar-refractivity contribution < 1.29 is 4.79 Å². The number of nitrogens with zero attached hydrogens (tertiary/aromatic N) is 2. The summed E-state index contributed by atoms with van der Waals surface area (Å²) >= 11 is 0. The third kappa shape index (κ3) is 3.32. The Morgan fingerprint density at radius 1 is 1.04 bits per heavy atom. The van der Waals surface area contributed by atoms with Crippen LogP contribution in [0, 0.1) is 27.7 Å². The zero-order valence-corrected chi connectivity index (χ0v) is 14.7. The first-order chi connectivity index (χ1) is 11.4. The molecule has 1 amide bonds. The molecule has 0 saturated carbocycles. The highest BCUT2D eigenvalue weighted by Gasteiger charge is 2.09. The van der Waals surface area contributed by atoms with Gasteiger partial charge in [-0.3, -0.25) is 4.79 Å². The van der Waals surface area contributed by atoms with Crippen molar-refractivity contribution in [2.24, 2.45) is 0 Å². The lowest BCUT2D eigenvalue weighted by molar-refractivity contribution is -0.116. The number of fused-ring (bicyclic) bond motifs is 1. The van der Waals surface area contributed by atoms with Crippen molar-refractivity contribution in [1.82, 2.24) is 9.55 Å². The summed E-state index contributed by atoms with van der Waals surface area (Å²) in [5.41, 5.74) is 7.65. The number of imidazole rings is 1. The minimum atomic E-state index is 0.0226. The minimum absolute atomic E-state index is 0.0226. The molecule has 3 rings (SSSR count). The van der Waals surface area contributed by atoms with Gasteiger partial charge in [-0.15, -0.1) is 0 Å². The number of hydrogen-bond donors (Lipinski definition) is 1. The Labute approximate surface area is 142 Å². The van der Waals surface area contributed by atoms with E-state index in [1.807, 2.05) is 42.9 Å². The van der Waals surface area contributed by atoms with Gasteiger partial charge in [0.2, 0.25) is 5.91 Å². The van der Waals surface area contributed by atoms with Crippen molar-refractivity contribution in [2.45, 2.75) is 40.7 Å². The number of amides is 1. The molecule has 24 heavy (non-hydrogen) atoms. The zero-order valence-electron chi connectivity index (χ0n) is 14.7. The first kappa shape index (κ1) is 16.2. The molecule has 2 aromatic carbocycles. The standard InChI is InChI=1S/C20H23N3O/c1-13-5-6-14(2)17(9-13)22-20(24)7-8-23-12-21-18-10-15(3)16(4)11-19(18)23/h5-6,9-12H,7-8H2,1-4H3,(H,22,24). The SMILES string of the molecule is Cc1ccc(C)c(NC(=O)CCn2cnc3cc(C)c(C)cc32)c1. The van der Waals surface area contributed by atoms with Crippen molar-refractivity contribution in [3.8, 4) is 0 Å². The molecule has 4 nitrogen and oxygen atoms in total. The predicted octanol–water partition coefficient (Wildman–Crippen LogP) is 4.30. The maximum atomic E-state index is 12.3. The van der Waals surface area contributed by atoms with E-state index in [0.29, 0.717) is 13.0 Å². The summed E-state index contributed by atoms with van der Waals surface area (Å²) < 4.78 is 2.05. The fourth-order valence-electron chi connectivity index (χ4n) is 2.80. The lowest BCUT2D eigenvalue weighted by Crippen LogP contribution is -2.15. The fourth-order valence-corrected chi connectivity index (χ4v) is 2.80. The lowest BCUT2D eigenvalue weighted by Gasteiger charge is -2.10. The Kier molecular flexibility index (Phi) is 4.38. The molecule has 0 aliphatic heterocycles. The van der Waals surface area contributed by atoms with Gasteiger partial charge in [0.15, 0.2) is 0 Å². The van der Waals surface area contributed by atoms with Crippen LogP contribution in [0.4, 0.5) is 5.69 Å². The number of rotatable bonds is 4. The van der Waals surface area contributed by atoms with Crippen molar-refractivity contribution in [3.63, 3.8) is 0 Å². The van der Waals surface area contributed by atoms with E-state index < -0.39 is 0 Å². The highest BCUT2D eigenvalue weighted by molar-refractivity contribution is 5.91. The number of aromatic nitrogens is 2. The average molecular weight is 321 g/mol. The van der Waals surface area contributed by atoms with Gasteiger partial charge in [0, 0.05) is 18.7 Å². The van der Waals surface area contributed by atoms with E-state index in [0.717, 1.165) is 27.8 Å². The lowest BCUT2D eigenvalue weighted by atomic mass is 10.1. The van der Waals surface area contributed by atoms with Crippen molar-refractivity contribution in [3.05, 3.63) is 58.9 Å². The summed E-state index contributed by atoms with van der Waals surface area (Å²) in [6.07, 6.45) is 2.24. The Balaban J connectivity index is 1.70. The number of carbonyl (C=O) groups is 1. The molecule has 3 aromatic rings. The average Bonchev–Trinajstić information content (AvgIpc) is 2.91. The summed E-state index contributed by atoms with van der Waals surface area (Å²) in [6, 6.07) is 10.3. The van der Waals surface area contributed by atoms with E-state index in [-0.39, 0.29) is 5.91 Å². The third-order valence-corrected chi connectivity index (χ3v) is 4.48. The van der Waals surface area contributed by atoms with E-state index in [2.05, 4.69) is 36.3 Å². The summed E-state index contributed by atoms with van der Waals surface area (Å²) in [4.78, 5) is 16.7. The Hall–Kier alpha value is -2.62. The molecule has 0 fully saturated rings. The largest absolute Gasteiger partial charge is 0.330 e. The molecule has 0 bridgehead atoms. The predicted molar refractivity (Wildman–Crippen MR) is 98.4 cm³/mol. The molecule has 1 aromatic heterocycles. The van der Waals surface area contributed by atoms with Crippen LogP contribution in [0.25, 0.3) is 11.0 Å². The molecule has 0 radical (unpaired) electrons. The number of carbonyl (C=O) groups excluding carboxylic acids is 1. The second kappa shape index (κ2) is 6.48. The van der Waals surface area contributed by atoms with Crippen molar-refractivity contribution in [2.75, 3.05) is 5.32 Å². The second-order valence-corrected chi connectivity index (χ2v) is 6.48. The summed E-state index contributed by atoms with van der Waals surface area (Å²) in [5.74, 6) is 0.0226. The maximum Gasteiger partial charge on any atom is 0.226 e. The molecule has 0 saturated heterocycles. The number of hydrogen-bond acceptors (Lipinski definition) is 2. The summed E-state index contributed by atoms with van der Waals surface area (Å²) in [6.45, 7) is 8.83. The summed E-state index contributed by atoms with van der Waals surface area (Å²) in [5, 5.41) is 3.01. The van der Waals surface area contributed by atoms with Gasteiger partial charge < -0.3 is 9.88 Å². The van der Waals surface area contributed by atoms with E-state index >= 15 is 0 Å². The second-order valence-electron chi connectivity index (χ2n) is 6.48. The molecule has 1 heterocycles. The fraction of sp³-hybridized carbons (Fsp3) is 0.300. The van der Waals surface area contributed by atoms with Crippen LogP contribution in [0.2, 0.25) is 0 Å². The molecule has 0 aliphatic carbocycles. The van der Waals surface area contributed by atoms with Crippen molar-refractivity contribution in [1.29, 1.82) is 0 Å². The van der Waals surface area contributed by atoms with Crippen LogP contribution in [-0.2, 0) is 11.3 Å². The van der Waals surface area contributed by atoms with Gasteiger partial charge in [-0.05, 0) is 68.1 Å². The van der Waals surface area contributed by atoms with Crippen LogP contribution in [0.3, 0.4) is 0 Å². The minimum Gasteiger partial charge on any atom is -0.330 e. The molecule has 0 unspecified atom stereocenters. The van der Waals surface area contributed by atoms with E-state index in [1.54, 1.807) is 0 Å². The molecule has 0 atom stereocenters. The topological polar surface area (TPSA) is 46.9 Å². The molecule has 0 aliphatic rings. The first-order valence-electron chi connectivity index (χ1n) is 8.23. The smallest absolute Gasteiger partial charge is 0.226 e. The summed E-state index contributed by atoms with van der Waals surface area (Å²) in [7, 11) is 0. The van der Waals surface area contributed by atoms with Crippen molar-refractivity contribution >= 4 is 22.6 Å². The van der Waals surface area contributed by atoms with Gasteiger partial charge in [0.05, 0.1) is 17.4 Å². The van der Waals surface area contributed by atoms with Gasteiger partial charge in [-0.25, -0.2) is 4.98 Å². The zero-order chi connectivity index (χ0) is 17.3. The van der Waals surface area contributed by atoms with E-state index in [4.69, 9.17) is 0 Å². The molecule has 1 N–H and O–H groups in total. The third-order valence-electron chi connectivity index (χ3n) is 4.48. The number of aryl methyl sites for hydroxylation is 5. The quantitative estimate of drug-likeness (QED) is 0.779. The van der Waals surface area contributed by atoms with E-state index in [9.17, 15) is 4.79 Å². The molecule has 0 spiro atoms. The Morgan fingerprint density at radius 2 is 1.79 bits per heavy atom. The van der Waals surface area contributed by atoms with Crippen LogP contribution in [0.1, 0.15) is 28.7 Å². The molecule has 4 heteroatoms. The van der Waals surface area contributed by atoms with Crippen LogP contribution < -0.4 is 5.32 Å². The first-order valence-corrected chi connectivity index (χ1v) is 8.23. The van der Waals surface area contributed by atoms with Crippen LogP contribution >= 0.6 is 0 Å². The molecular formula is C20H23N3O.